The van der Waals surface area contributed by atoms with Crippen LogP contribution in [0, 0.1) is 17.7 Å². The maximum absolute atomic E-state index is 13.2. The fraction of sp³-hybridized carbons (Fsp3) is 0.241. The fourth-order valence-corrected chi connectivity index (χ4v) is 4.74. The minimum absolute atomic E-state index is 0.119. The number of aromatic amines is 1. The number of rotatable bonds is 4. The van der Waals surface area contributed by atoms with Crippen LogP contribution in [0.2, 0.25) is 0 Å². The van der Waals surface area contributed by atoms with Crippen molar-refractivity contribution in [3.8, 4) is 11.8 Å². The monoisotopic (exact) mass is 481 g/mol. The van der Waals surface area contributed by atoms with E-state index in [1.807, 2.05) is 36.4 Å². The zero-order chi connectivity index (χ0) is 24.9. The van der Waals surface area contributed by atoms with Gasteiger partial charge in [0.2, 0.25) is 0 Å². The highest BCUT2D eigenvalue weighted by Gasteiger charge is 2.30. The molecule has 1 saturated heterocycles. The molecular weight excluding hydrogens is 453 g/mol. The van der Waals surface area contributed by atoms with Crippen molar-refractivity contribution in [3.05, 3.63) is 95.4 Å². The molecule has 6 nitrogen and oxygen atoms in total. The van der Waals surface area contributed by atoms with Gasteiger partial charge in [-0.3, -0.25) is 5.10 Å². The van der Waals surface area contributed by atoms with E-state index in [0.29, 0.717) is 16.9 Å². The quantitative estimate of drug-likeness (QED) is 0.340. The molecule has 2 atom stereocenters. The van der Waals surface area contributed by atoms with Crippen molar-refractivity contribution in [1.29, 1.82) is 0 Å². The number of nitrogens with zero attached hydrogens (tertiary/aromatic N) is 2. The topological polar surface area (TPSA) is 73.1 Å². The number of hydrogen-bond acceptors (Lipinski definition) is 3. The van der Waals surface area contributed by atoms with Gasteiger partial charge >= 0.3 is 6.03 Å². The molecule has 7 heteroatoms. The van der Waals surface area contributed by atoms with E-state index < -0.39 is 0 Å². The van der Waals surface area contributed by atoms with Gasteiger partial charge in [-0.25, -0.2) is 9.18 Å². The molecule has 182 valence electrons. The number of amides is 2. The Kier molecular flexibility index (Phi) is 6.96. The molecule has 0 aliphatic carbocycles. The number of benzene rings is 3. The predicted octanol–water partition coefficient (Wildman–Crippen LogP) is 5.45. The van der Waals surface area contributed by atoms with Crippen molar-refractivity contribution in [1.82, 2.24) is 20.4 Å². The van der Waals surface area contributed by atoms with Crippen LogP contribution in [0.25, 0.3) is 10.9 Å². The van der Waals surface area contributed by atoms with Crippen LogP contribution in [0.1, 0.15) is 42.1 Å². The normalized spacial score (nSPS) is 16.7. The third-order valence-electron chi connectivity index (χ3n) is 6.64. The molecule has 3 aromatic carbocycles. The highest BCUT2D eigenvalue weighted by Crippen LogP contribution is 2.28. The van der Waals surface area contributed by atoms with Gasteiger partial charge in [0, 0.05) is 22.7 Å². The summed E-state index contributed by atoms with van der Waals surface area (Å²) in [5, 5.41) is 14.2. The number of H-pyrrole nitrogens is 1. The Morgan fingerprint density at radius 3 is 2.67 bits per heavy atom. The molecule has 1 aromatic heterocycles. The smallest absolute Gasteiger partial charge is 0.319 e. The lowest BCUT2D eigenvalue weighted by atomic mass is 9.91. The van der Waals surface area contributed by atoms with Crippen LogP contribution in [-0.4, -0.2) is 40.8 Å². The minimum Gasteiger partial charge on any atom is -0.329 e. The van der Waals surface area contributed by atoms with Gasteiger partial charge in [0.25, 0.3) is 0 Å². The van der Waals surface area contributed by atoms with E-state index in [0.717, 1.165) is 35.9 Å². The maximum atomic E-state index is 13.2. The molecule has 0 saturated carbocycles. The van der Waals surface area contributed by atoms with Gasteiger partial charge in [-0.2, -0.15) is 5.10 Å². The third-order valence-corrected chi connectivity index (χ3v) is 6.64. The zero-order valence-electron chi connectivity index (χ0n) is 20.1. The Balaban J connectivity index is 1.34. The molecule has 36 heavy (non-hydrogen) atoms. The lowest BCUT2D eigenvalue weighted by Crippen LogP contribution is -2.47. The SMILES string of the molecule is CN1CCCC[C@H]1[C@@H](NC(=O)Nc1ccc2n[nH]c(C#Cc3ccc(F)cc3)c2c1)c1ccccc1. The van der Waals surface area contributed by atoms with Gasteiger partial charge in [-0.05, 0) is 80.4 Å². The number of nitrogens with one attached hydrogen (secondary N) is 3. The number of urea groups is 1. The summed E-state index contributed by atoms with van der Waals surface area (Å²) in [5.74, 6) is 5.78. The first-order valence-corrected chi connectivity index (χ1v) is 12.2. The number of hydrogen-bond donors (Lipinski definition) is 3. The fourth-order valence-electron chi connectivity index (χ4n) is 4.74. The van der Waals surface area contributed by atoms with Crippen molar-refractivity contribution in [2.45, 2.75) is 31.3 Å². The van der Waals surface area contributed by atoms with Gasteiger partial charge in [-0.1, -0.05) is 42.7 Å². The van der Waals surface area contributed by atoms with E-state index in [1.54, 1.807) is 12.1 Å². The molecular formula is C29H28FN5O. The number of carbonyl (C=O) groups excluding carboxylic acids is 1. The largest absolute Gasteiger partial charge is 0.329 e. The maximum Gasteiger partial charge on any atom is 0.319 e. The van der Waals surface area contributed by atoms with Crippen molar-refractivity contribution < 1.29 is 9.18 Å². The average Bonchev–Trinajstić information content (AvgIpc) is 3.30. The lowest BCUT2D eigenvalue weighted by Gasteiger charge is -2.38. The first kappa shape index (κ1) is 23.6. The van der Waals surface area contributed by atoms with E-state index in [2.05, 4.69) is 56.8 Å². The number of aromatic nitrogens is 2. The average molecular weight is 482 g/mol. The van der Waals surface area contributed by atoms with Crippen molar-refractivity contribution in [3.63, 3.8) is 0 Å². The van der Waals surface area contributed by atoms with E-state index in [9.17, 15) is 9.18 Å². The van der Waals surface area contributed by atoms with Crippen LogP contribution in [0.15, 0.2) is 72.8 Å². The highest BCUT2D eigenvalue weighted by molar-refractivity contribution is 5.94. The van der Waals surface area contributed by atoms with E-state index in [1.165, 1.54) is 18.6 Å². The number of likely N-dealkylation sites (N-methyl/N-ethyl adjacent to an activating group) is 1. The van der Waals surface area contributed by atoms with E-state index >= 15 is 0 Å². The molecule has 1 aliphatic rings. The number of piperidine rings is 1. The number of carbonyl (C=O) groups is 1. The Morgan fingerprint density at radius 2 is 1.89 bits per heavy atom. The van der Waals surface area contributed by atoms with Crippen LogP contribution >= 0.6 is 0 Å². The van der Waals surface area contributed by atoms with Gasteiger partial charge in [0.1, 0.15) is 11.5 Å². The first-order valence-electron chi connectivity index (χ1n) is 12.2. The second-order valence-corrected chi connectivity index (χ2v) is 9.12. The van der Waals surface area contributed by atoms with Crippen molar-refractivity contribution in [2.24, 2.45) is 0 Å². The molecule has 3 N–H and O–H groups in total. The van der Waals surface area contributed by atoms with Crippen LogP contribution in [0.5, 0.6) is 0 Å². The molecule has 5 rings (SSSR count). The second-order valence-electron chi connectivity index (χ2n) is 9.12. The summed E-state index contributed by atoms with van der Waals surface area (Å²) in [6.07, 6.45) is 3.37. The lowest BCUT2D eigenvalue weighted by molar-refractivity contribution is 0.147. The first-order chi connectivity index (χ1) is 17.6. The van der Waals surface area contributed by atoms with Crippen LogP contribution in [0.4, 0.5) is 14.9 Å². The summed E-state index contributed by atoms with van der Waals surface area (Å²) in [4.78, 5) is 15.5. The summed E-state index contributed by atoms with van der Waals surface area (Å²) in [7, 11) is 2.13. The van der Waals surface area contributed by atoms with Gasteiger partial charge < -0.3 is 15.5 Å². The second kappa shape index (κ2) is 10.6. The summed E-state index contributed by atoms with van der Waals surface area (Å²) < 4.78 is 13.2. The number of fused-ring (bicyclic) bond motifs is 1. The molecule has 2 amide bonds. The minimum atomic E-state index is -0.300. The van der Waals surface area contributed by atoms with Gasteiger partial charge in [0.05, 0.1) is 11.6 Å². The zero-order valence-corrected chi connectivity index (χ0v) is 20.1. The molecule has 1 aliphatic heterocycles. The summed E-state index contributed by atoms with van der Waals surface area (Å²) in [5.41, 5.74) is 3.82. The third kappa shape index (κ3) is 5.40. The number of likely N-dealkylation sites (tertiary alicyclic amines) is 1. The Morgan fingerprint density at radius 1 is 1.08 bits per heavy atom. The molecule has 1 fully saturated rings. The number of anilines is 1. The Hall–Kier alpha value is -4.15. The predicted molar refractivity (Wildman–Crippen MR) is 140 cm³/mol. The summed E-state index contributed by atoms with van der Waals surface area (Å²) >= 11 is 0. The molecule has 0 spiro atoms. The standard InChI is InChI=1S/C29H28FN5O/c1-35-18-6-5-9-27(35)28(21-7-3-2-4-8-21)32-29(36)31-23-15-17-26-24(19-23)25(33-34-26)16-12-20-10-13-22(30)14-11-20/h2-4,7-8,10-11,13-15,17,19,27-28H,5-6,9,18H2,1H3,(H,33,34)(H2,31,32,36)/t27-,28-/m0/s1. The van der Waals surface area contributed by atoms with Gasteiger partial charge in [-0.15, -0.1) is 0 Å². The summed E-state index contributed by atoms with van der Waals surface area (Å²) in [6.45, 7) is 1.02. The van der Waals surface area contributed by atoms with E-state index in [-0.39, 0.29) is 23.9 Å². The van der Waals surface area contributed by atoms with Crippen LogP contribution in [0.3, 0.4) is 0 Å². The molecule has 0 radical (unpaired) electrons. The molecule has 0 bridgehead atoms. The van der Waals surface area contributed by atoms with Crippen molar-refractivity contribution >= 4 is 22.6 Å². The highest BCUT2D eigenvalue weighted by atomic mass is 19.1. The Bertz CT molecular complexity index is 1400. The van der Waals surface area contributed by atoms with Crippen molar-refractivity contribution in [2.75, 3.05) is 18.9 Å². The van der Waals surface area contributed by atoms with E-state index in [4.69, 9.17) is 0 Å². The van der Waals surface area contributed by atoms with Crippen LogP contribution in [-0.2, 0) is 0 Å². The van der Waals surface area contributed by atoms with Gasteiger partial charge in [0.15, 0.2) is 0 Å². The molecule has 0 unspecified atom stereocenters. The number of halogens is 1. The molecule has 2 heterocycles. The Labute approximate surface area is 209 Å². The van der Waals surface area contributed by atoms with Crippen LogP contribution < -0.4 is 10.6 Å². The molecule has 4 aromatic rings. The summed E-state index contributed by atoms with van der Waals surface area (Å²) in [6, 6.07) is 21.5.